The minimum absolute atomic E-state index is 0.821. The number of rotatable bonds is 13. The highest BCUT2D eigenvalue weighted by atomic mass is 16.8. The molecule has 0 spiro atoms. The van der Waals surface area contributed by atoms with Crippen LogP contribution in [-0.4, -0.2) is 280 Å². The summed E-state index contributed by atoms with van der Waals surface area (Å²) in [6, 6.07) is -1.74. The van der Waals surface area contributed by atoms with Gasteiger partial charge in [-0.1, -0.05) is 0 Å². The number of hydrogen-bond acceptors (Lipinski definition) is 27. The van der Waals surface area contributed by atoms with Gasteiger partial charge in [0.25, 0.3) is 0 Å². The minimum Gasteiger partial charge on any atom is -0.394 e. The summed E-state index contributed by atoms with van der Waals surface area (Å²) in [7, 11) is 0. The maximum atomic E-state index is 12.9. The van der Waals surface area contributed by atoms with Gasteiger partial charge in [-0.3, -0.25) is 4.79 Å². The third-order valence-corrected chi connectivity index (χ3v) is 12.7. The summed E-state index contributed by atoms with van der Waals surface area (Å²) >= 11 is 0. The first-order valence-corrected chi connectivity index (χ1v) is 21.5. The maximum absolute atomic E-state index is 12.9. The highest BCUT2D eigenvalue weighted by molar-refractivity contribution is 5.73. The molecule has 28 heteroatoms. The predicted octanol–water partition coefficient (Wildman–Crippen LogP) is -9.85. The summed E-state index contributed by atoms with van der Waals surface area (Å²) in [4.78, 5) is 12.9. The Morgan fingerprint density at radius 1 is 0.394 bits per heavy atom. The molecule has 6 rings (SSSR count). The van der Waals surface area contributed by atoms with Gasteiger partial charge in [-0.15, -0.1) is 0 Å². The van der Waals surface area contributed by atoms with E-state index in [1.807, 2.05) is 0 Å². The van der Waals surface area contributed by atoms with Gasteiger partial charge in [-0.25, -0.2) is 0 Å². The monoisotopic (exact) mass is 967 g/mol. The van der Waals surface area contributed by atoms with E-state index in [2.05, 4.69) is 5.32 Å². The summed E-state index contributed by atoms with van der Waals surface area (Å²) in [5.41, 5.74) is 0. The lowest BCUT2D eigenvalue weighted by atomic mass is 9.94. The Labute approximate surface area is 376 Å². The zero-order chi connectivity index (χ0) is 48.8. The van der Waals surface area contributed by atoms with Crippen LogP contribution in [0.5, 0.6) is 0 Å². The molecule has 0 radical (unpaired) electrons. The van der Waals surface area contributed by atoms with Crippen LogP contribution >= 0.6 is 0 Å². The van der Waals surface area contributed by atoms with Crippen molar-refractivity contribution in [3.63, 3.8) is 0 Å². The number of amides is 1. The van der Waals surface area contributed by atoms with Crippen LogP contribution in [0.2, 0.25) is 0 Å². The lowest BCUT2D eigenvalue weighted by Crippen LogP contribution is -2.70. The largest absolute Gasteiger partial charge is 0.394 e. The quantitative estimate of drug-likeness (QED) is 0.0815. The standard InChI is InChI=1S/C38H65NO27/c1-8-17(44)24(51)31(33(55)56-8)65-38-32(30(19(46)11(4)59-38)64-36-26(53)23(50)20(47)13(6-40)61-36)66-34-15(39-12(5)42)28(21(48)14(7-41)60-34)62-37-27(54)29(18(45)10(3)58-37)63-35-25(52)22(49)16(43)9(2)57-35/h8-11,13-38,40-41,43-55H,6-7H2,1-5H3,(H,39,42)/t8?,9?,10?,11?,13-,14?,15-,16-,17-,18-,19-,20+,21+,22-,23?,24-,25?,26?,27?,28?,29-,30-,31?,32?,33+,34-,35-,36+,37-,38-/m0/s1. The molecule has 0 aliphatic carbocycles. The van der Waals surface area contributed by atoms with Gasteiger partial charge >= 0.3 is 0 Å². The summed E-state index contributed by atoms with van der Waals surface area (Å²) < 4.78 is 64.1. The van der Waals surface area contributed by atoms with Crippen molar-refractivity contribution in [2.24, 2.45) is 0 Å². The number of aliphatic hydroxyl groups excluding tert-OH is 15. The van der Waals surface area contributed by atoms with Gasteiger partial charge in [0.15, 0.2) is 37.7 Å². The van der Waals surface area contributed by atoms with Crippen molar-refractivity contribution in [3.05, 3.63) is 0 Å². The topological polar surface area (TPSA) is 434 Å². The molecule has 0 bridgehead atoms. The lowest BCUT2D eigenvalue weighted by Gasteiger charge is -2.51. The lowest BCUT2D eigenvalue weighted by molar-refractivity contribution is -0.404. The van der Waals surface area contributed by atoms with Gasteiger partial charge in [0.2, 0.25) is 5.91 Å². The molecule has 30 atom stereocenters. The maximum Gasteiger partial charge on any atom is 0.217 e. The van der Waals surface area contributed by atoms with E-state index in [1.165, 1.54) is 27.7 Å². The number of aliphatic hydroxyl groups is 15. The Morgan fingerprint density at radius 3 is 1.39 bits per heavy atom. The summed E-state index contributed by atoms with van der Waals surface area (Å²) in [5.74, 6) is -0.821. The van der Waals surface area contributed by atoms with Crippen LogP contribution in [0.3, 0.4) is 0 Å². The van der Waals surface area contributed by atoms with Crippen molar-refractivity contribution in [2.75, 3.05) is 13.2 Å². The van der Waals surface area contributed by atoms with Crippen molar-refractivity contribution in [3.8, 4) is 0 Å². The van der Waals surface area contributed by atoms with Crippen LogP contribution in [0.4, 0.5) is 0 Å². The van der Waals surface area contributed by atoms with Crippen LogP contribution in [-0.2, 0) is 56.9 Å². The second-order valence-electron chi connectivity index (χ2n) is 17.4. The van der Waals surface area contributed by atoms with Gasteiger partial charge < -0.3 is 134 Å². The van der Waals surface area contributed by atoms with Crippen molar-refractivity contribution in [1.82, 2.24) is 5.32 Å². The molecule has 6 saturated heterocycles. The summed E-state index contributed by atoms with van der Waals surface area (Å²) in [6.45, 7) is 4.56. The van der Waals surface area contributed by atoms with Crippen LogP contribution < -0.4 is 5.32 Å². The smallest absolute Gasteiger partial charge is 0.217 e. The van der Waals surface area contributed by atoms with E-state index in [1.54, 1.807) is 0 Å². The summed E-state index contributed by atoms with van der Waals surface area (Å²) in [6.07, 6.45) is -50.4. The molecule has 6 aliphatic rings. The second kappa shape index (κ2) is 22.2. The summed E-state index contributed by atoms with van der Waals surface area (Å²) in [5, 5.41) is 164. The Bertz CT molecular complexity index is 1560. The number of hydrogen-bond donors (Lipinski definition) is 16. The van der Waals surface area contributed by atoms with Gasteiger partial charge in [0.05, 0.1) is 37.6 Å². The molecule has 1 amide bonds. The first-order valence-electron chi connectivity index (χ1n) is 21.5. The van der Waals surface area contributed by atoms with Gasteiger partial charge in [-0.05, 0) is 27.7 Å². The highest BCUT2D eigenvalue weighted by Gasteiger charge is 2.58. The Kier molecular flexibility index (Phi) is 18.1. The van der Waals surface area contributed by atoms with E-state index in [0.717, 1.165) is 6.92 Å². The van der Waals surface area contributed by atoms with Gasteiger partial charge in [0.1, 0.15) is 122 Å². The molecular weight excluding hydrogens is 902 g/mol. The third-order valence-electron chi connectivity index (χ3n) is 12.7. The van der Waals surface area contributed by atoms with E-state index in [4.69, 9.17) is 52.1 Å². The van der Waals surface area contributed by atoms with E-state index in [-0.39, 0.29) is 0 Å². The van der Waals surface area contributed by atoms with Crippen LogP contribution in [0, 0.1) is 0 Å². The SMILES string of the molecule is CC(=O)N[C@H]1C(O[C@@H]2OC(C)[C@H](O)[C@H](O[C@@H]3OC(C)[C@H](O)[C@H](O)C3O)C2O)[C@H](O)C(CO)O[C@H]1OC1[C@H](OC2[C@H](O)OC(C)[C@H](O)[C@@H]2O)OC(C)[C@H](O)[C@@H]1O[C@H]1O[C@@H](CO)[C@@H](O)C(O)C1O. The highest BCUT2D eigenvalue weighted by Crippen LogP contribution is 2.38. The number of nitrogens with one attached hydrogen (secondary N) is 1. The fourth-order valence-corrected chi connectivity index (χ4v) is 8.65. The first-order chi connectivity index (χ1) is 31.0. The molecule has 0 aromatic carbocycles. The number of carbonyl (C=O) groups is 1. The number of carbonyl (C=O) groups excluding carboxylic acids is 1. The zero-order valence-corrected chi connectivity index (χ0v) is 36.3. The Balaban J connectivity index is 1.34. The molecule has 12 unspecified atom stereocenters. The molecule has 0 aromatic rings. The van der Waals surface area contributed by atoms with Crippen molar-refractivity contribution >= 4 is 5.91 Å². The second-order valence-corrected chi connectivity index (χ2v) is 17.4. The zero-order valence-electron chi connectivity index (χ0n) is 36.3. The third kappa shape index (κ3) is 11.0. The first kappa shape index (κ1) is 53.8. The minimum atomic E-state index is -2.05. The normalized spacial score (nSPS) is 53.9. The average Bonchev–Trinajstić information content (AvgIpc) is 3.27. The molecule has 16 N–H and O–H groups in total. The predicted molar refractivity (Wildman–Crippen MR) is 205 cm³/mol. The van der Waals surface area contributed by atoms with Crippen LogP contribution in [0.1, 0.15) is 34.6 Å². The molecule has 28 nitrogen and oxygen atoms in total. The van der Waals surface area contributed by atoms with Crippen LogP contribution in [0.15, 0.2) is 0 Å². The molecule has 0 saturated carbocycles. The molecule has 384 valence electrons. The van der Waals surface area contributed by atoms with Gasteiger partial charge in [0, 0.05) is 6.92 Å². The number of ether oxygens (including phenoxy) is 11. The van der Waals surface area contributed by atoms with Crippen LogP contribution in [0.25, 0.3) is 0 Å². The molecule has 6 fully saturated rings. The van der Waals surface area contributed by atoms with Gasteiger partial charge in [-0.2, -0.15) is 0 Å². The van der Waals surface area contributed by atoms with E-state index in [0.29, 0.717) is 0 Å². The molecule has 66 heavy (non-hydrogen) atoms. The molecule has 0 aromatic heterocycles. The average molecular weight is 968 g/mol. The molecule has 6 heterocycles. The van der Waals surface area contributed by atoms with Crippen molar-refractivity contribution in [1.29, 1.82) is 0 Å². The fourth-order valence-electron chi connectivity index (χ4n) is 8.65. The van der Waals surface area contributed by atoms with E-state index < -0.39 is 203 Å². The van der Waals surface area contributed by atoms with E-state index in [9.17, 15) is 81.4 Å². The molecular formula is C38H65NO27. The Morgan fingerprint density at radius 2 is 0.803 bits per heavy atom. The van der Waals surface area contributed by atoms with E-state index >= 15 is 0 Å². The fraction of sp³-hybridized carbons (Fsp3) is 0.974. The molecule has 6 aliphatic heterocycles. The Hall–Kier alpha value is -1.57. The van der Waals surface area contributed by atoms with Crippen molar-refractivity contribution < 1.29 is 133 Å². The van der Waals surface area contributed by atoms with Crippen molar-refractivity contribution in [2.45, 2.75) is 219 Å².